The summed E-state index contributed by atoms with van der Waals surface area (Å²) in [6, 6.07) is 5.09. The van der Waals surface area contributed by atoms with Crippen molar-refractivity contribution >= 4 is 24.1 Å². The van der Waals surface area contributed by atoms with Gasteiger partial charge in [-0.3, -0.25) is 0 Å². The predicted molar refractivity (Wildman–Crippen MR) is 101 cm³/mol. The Kier molecular flexibility index (Phi) is 12.1. The van der Waals surface area contributed by atoms with E-state index in [9.17, 15) is 4.79 Å². The van der Waals surface area contributed by atoms with Gasteiger partial charge in [-0.2, -0.15) is 0 Å². The first kappa shape index (κ1) is 22.5. The van der Waals surface area contributed by atoms with E-state index in [-0.39, 0.29) is 18.4 Å². The van der Waals surface area contributed by atoms with Gasteiger partial charge in [0, 0.05) is 12.2 Å². The third-order valence-corrected chi connectivity index (χ3v) is 3.73. The molecular weight excluding hydrogens is 328 g/mol. The van der Waals surface area contributed by atoms with Crippen molar-refractivity contribution in [3.63, 3.8) is 0 Å². The Bertz CT molecular complexity index is 479. The lowest BCUT2D eigenvalue weighted by Gasteiger charge is -2.17. The Morgan fingerprint density at radius 1 is 1.12 bits per heavy atom. The van der Waals surface area contributed by atoms with E-state index in [0.717, 1.165) is 38.9 Å². The molecule has 0 spiro atoms. The number of nitrogens with two attached hydrogens (primary N) is 1. The minimum absolute atomic E-state index is 0. The van der Waals surface area contributed by atoms with Gasteiger partial charge in [0.05, 0.1) is 13.2 Å². The van der Waals surface area contributed by atoms with Gasteiger partial charge in [0.1, 0.15) is 11.3 Å². The van der Waals surface area contributed by atoms with Gasteiger partial charge in [0.2, 0.25) is 0 Å². The summed E-state index contributed by atoms with van der Waals surface area (Å²) in [5, 5.41) is 0. The molecule has 138 valence electrons. The average molecular weight is 359 g/mol. The molecule has 0 aliphatic heterocycles. The van der Waals surface area contributed by atoms with Gasteiger partial charge < -0.3 is 20.1 Å². The van der Waals surface area contributed by atoms with Crippen LogP contribution >= 0.6 is 12.4 Å². The highest BCUT2D eigenvalue weighted by molar-refractivity contribution is 5.93. The molecule has 5 nitrogen and oxygen atoms in total. The van der Waals surface area contributed by atoms with Gasteiger partial charge in [-0.1, -0.05) is 27.2 Å². The Labute approximate surface area is 151 Å². The molecule has 0 aliphatic carbocycles. The second kappa shape index (κ2) is 12.9. The van der Waals surface area contributed by atoms with Crippen LogP contribution in [0.4, 0.5) is 5.69 Å². The molecule has 0 aliphatic rings. The highest BCUT2D eigenvalue weighted by Crippen LogP contribution is 2.22. The van der Waals surface area contributed by atoms with Crippen molar-refractivity contribution in [2.75, 3.05) is 38.6 Å². The van der Waals surface area contributed by atoms with E-state index in [1.807, 2.05) is 0 Å². The number of rotatable bonds is 11. The fraction of sp³-hybridized carbons (Fsp3) is 0.611. The number of hydrogen-bond acceptors (Lipinski definition) is 5. The fourth-order valence-electron chi connectivity index (χ4n) is 2.23. The zero-order valence-corrected chi connectivity index (χ0v) is 15.9. The van der Waals surface area contributed by atoms with Crippen LogP contribution in [0.5, 0.6) is 5.75 Å². The Balaban J connectivity index is 0.00000529. The molecular formula is C18H31ClN2O3. The summed E-state index contributed by atoms with van der Waals surface area (Å²) in [6.07, 6.45) is 2.81. The van der Waals surface area contributed by atoms with Crippen LogP contribution in [0.25, 0.3) is 0 Å². The molecule has 1 rings (SSSR count). The highest BCUT2D eigenvalue weighted by Gasteiger charge is 2.15. The van der Waals surface area contributed by atoms with Crippen molar-refractivity contribution in [2.24, 2.45) is 0 Å². The van der Waals surface area contributed by atoms with Crippen molar-refractivity contribution in [1.29, 1.82) is 0 Å². The Morgan fingerprint density at radius 2 is 1.83 bits per heavy atom. The number of nitrogen functional groups attached to an aromatic ring is 1. The minimum atomic E-state index is -0.372. The number of anilines is 1. The van der Waals surface area contributed by atoms with Crippen LogP contribution in [0.15, 0.2) is 18.2 Å². The SMILES string of the molecule is CCCCOc1ccc(N)cc1C(=O)OCCCN(CC)CC.Cl. The van der Waals surface area contributed by atoms with E-state index in [0.29, 0.717) is 30.2 Å². The topological polar surface area (TPSA) is 64.8 Å². The second-order valence-corrected chi connectivity index (χ2v) is 5.47. The van der Waals surface area contributed by atoms with Crippen molar-refractivity contribution in [3.8, 4) is 5.75 Å². The first-order chi connectivity index (χ1) is 11.1. The average Bonchev–Trinajstić information content (AvgIpc) is 2.56. The normalized spacial score (nSPS) is 10.3. The summed E-state index contributed by atoms with van der Waals surface area (Å²) in [5.74, 6) is 0.171. The molecule has 6 heteroatoms. The molecule has 0 saturated carbocycles. The quantitative estimate of drug-likeness (QED) is 0.370. The van der Waals surface area contributed by atoms with E-state index < -0.39 is 0 Å². The van der Waals surface area contributed by atoms with Crippen molar-refractivity contribution in [1.82, 2.24) is 4.90 Å². The molecule has 1 aromatic rings. The first-order valence-electron chi connectivity index (χ1n) is 8.54. The zero-order chi connectivity index (χ0) is 17.1. The number of carbonyl (C=O) groups is 1. The summed E-state index contributed by atoms with van der Waals surface area (Å²) in [7, 11) is 0. The van der Waals surface area contributed by atoms with E-state index in [1.54, 1.807) is 18.2 Å². The molecule has 0 radical (unpaired) electrons. The number of nitrogens with zero attached hydrogens (tertiary/aromatic N) is 1. The molecule has 1 aromatic carbocycles. The van der Waals surface area contributed by atoms with Crippen LogP contribution in [0.2, 0.25) is 0 Å². The summed E-state index contributed by atoms with van der Waals surface area (Å²) >= 11 is 0. The smallest absolute Gasteiger partial charge is 0.341 e. The second-order valence-electron chi connectivity index (χ2n) is 5.47. The van der Waals surface area contributed by atoms with Crippen molar-refractivity contribution in [2.45, 2.75) is 40.0 Å². The number of hydrogen-bond donors (Lipinski definition) is 1. The van der Waals surface area contributed by atoms with Gasteiger partial charge in [0.25, 0.3) is 0 Å². The monoisotopic (exact) mass is 358 g/mol. The summed E-state index contributed by atoms with van der Waals surface area (Å²) in [6.45, 7) is 10.3. The molecule has 24 heavy (non-hydrogen) atoms. The lowest BCUT2D eigenvalue weighted by Crippen LogP contribution is -2.25. The number of carbonyl (C=O) groups excluding carboxylic acids is 1. The summed E-state index contributed by atoms with van der Waals surface area (Å²) < 4.78 is 11.0. The molecule has 0 saturated heterocycles. The van der Waals surface area contributed by atoms with Crippen LogP contribution in [0.1, 0.15) is 50.4 Å². The molecule has 0 fully saturated rings. The molecule has 0 unspecified atom stereocenters. The predicted octanol–water partition coefficient (Wildman–Crippen LogP) is 3.76. The molecule has 2 N–H and O–H groups in total. The number of ether oxygens (including phenoxy) is 2. The van der Waals surface area contributed by atoms with E-state index in [1.165, 1.54) is 0 Å². The molecule has 0 amide bonds. The third-order valence-electron chi connectivity index (χ3n) is 3.73. The minimum Gasteiger partial charge on any atom is -0.493 e. The number of halogens is 1. The molecule has 0 heterocycles. The maximum absolute atomic E-state index is 12.3. The van der Waals surface area contributed by atoms with Crippen LogP contribution in [0, 0.1) is 0 Å². The van der Waals surface area contributed by atoms with Crippen LogP contribution in [-0.4, -0.2) is 43.7 Å². The molecule has 0 aromatic heterocycles. The third kappa shape index (κ3) is 7.88. The lowest BCUT2D eigenvalue weighted by molar-refractivity contribution is 0.0485. The maximum Gasteiger partial charge on any atom is 0.341 e. The van der Waals surface area contributed by atoms with Crippen LogP contribution in [-0.2, 0) is 4.74 Å². The lowest BCUT2D eigenvalue weighted by atomic mass is 10.2. The van der Waals surface area contributed by atoms with Gasteiger partial charge in [-0.15, -0.1) is 12.4 Å². The van der Waals surface area contributed by atoms with Gasteiger partial charge in [-0.05, 0) is 44.1 Å². The largest absolute Gasteiger partial charge is 0.493 e. The van der Waals surface area contributed by atoms with Crippen LogP contribution < -0.4 is 10.5 Å². The Morgan fingerprint density at radius 3 is 2.46 bits per heavy atom. The standard InChI is InChI=1S/C18H30N2O3.ClH/c1-4-7-12-22-17-10-9-15(19)14-16(17)18(21)23-13-8-11-20(5-2)6-3;/h9-10,14H,4-8,11-13,19H2,1-3H3;1H. The maximum atomic E-state index is 12.3. The fourth-order valence-corrected chi connectivity index (χ4v) is 2.23. The van der Waals surface area contributed by atoms with Crippen molar-refractivity contribution < 1.29 is 14.3 Å². The van der Waals surface area contributed by atoms with Gasteiger partial charge in [-0.25, -0.2) is 4.79 Å². The summed E-state index contributed by atoms with van der Waals surface area (Å²) in [5.41, 5.74) is 6.72. The van der Waals surface area contributed by atoms with Crippen LogP contribution in [0.3, 0.4) is 0 Å². The molecule has 0 atom stereocenters. The Hall–Kier alpha value is -1.46. The van der Waals surface area contributed by atoms with E-state index in [4.69, 9.17) is 15.2 Å². The van der Waals surface area contributed by atoms with Crippen molar-refractivity contribution in [3.05, 3.63) is 23.8 Å². The number of esters is 1. The van der Waals surface area contributed by atoms with E-state index >= 15 is 0 Å². The number of benzene rings is 1. The van der Waals surface area contributed by atoms with Gasteiger partial charge >= 0.3 is 5.97 Å². The van der Waals surface area contributed by atoms with Gasteiger partial charge in [0.15, 0.2) is 0 Å². The summed E-state index contributed by atoms with van der Waals surface area (Å²) in [4.78, 5) is 14.6. The zero-order valence-electron chi connectivity index (χ0n) is 15.0. The number of unbranched alkanes of at least 4 members (excludes halogenated alkanes) is 1. The highest BCUT2D eigenvalue weighted by atomic mass is 35.5. The first-order valence-corrected chi connectivity index (χ1v) is 8.54. The molecule has 0 bridgehead atoms. The van der Waals surface area contributed by atoms with E-state index in [2.05, 4.69) is 25.7 Å².